The van der Waals surface area contributed by atoms with E-state index in [1.165, 1.54) is 12.1 Å². The number of sulfonamides is 1. The third-order valence-corrected chi connectivity index (χ3v) is 9.55. The summed E-state index contributed by atoms with van der Waals surface area (Å²) >= 11 is 9.83. The lowest BCUT2D eigenvalue weighted by Crippen LogP contribution is -2.38. The Bertz CT molecular complexity index is 1720. The number of carbonyl (C=O) groups excluding carboxylic acids is 1. The van der Waals surface area contributed by atoms with Crippen LogP contribution in [0.15, 0.2) is 59.1 Å². The van der Waals surface area contributed by atoms with E-state index in [0.29, 0.717) is 33.1 Å². The van der Waals surface area contributed by atoms with Gasteiger partial charge >= 0.3 is 0 Å². The number of hydrogen-bond donors (Lipinski definition) is 2. The standard InChI is InChI=1S/C29H30BrClF2N4O4S/c1-29(2,3)42(39,40)34-15-17-5-10-22(31)18(11-17)12-27-36-23-13-21(28(38)35-20-8-6-19(30)7-9-20)25(41-16-26(32)33)14-24(23)37(27)4/h5-11,13-14,26,34H,12,15-16H2,1-4H3,(H,35,38). The number of halogens is 4. The minimum absolute atomic E-state index is 0.00174. The quantitative estimate of drug-likeness (QED) is 0.194. The Hall–Kier alpha value is -3.06. The topological polar surface area (TPSA) is 102 Å². The number of amides is 1. The summed E-state index contributed by atoms with van der Waals surface area (Å²) in [6.07, 6.45) is -2.44. The highest BCUT2D eigenvalue weighted by atomic mass is 79.9. The molecule has 1 heterocycles. The first kappa shape index (κ1) is 31.9. The molecule has 0 radical (unpaired) electrons. The fraction of sp³-hybridized carbons (Fsp3) is 0.310. The van der Waals surface area contributed by atoms with Crippen LogP contribution in [0.25, 0.3) is 11.0 Å². The molecule has 4 aromatic rings. The number of ether oxygens (including phenoxy) is 1. The van der Waals surface area contributed by atoms with Gasteiger partial charge in [0.05, 0.1) is 21.3 Å². The van der Waals surface area contributed by atoms with Crippen LogP contribution in [0.1, 0.15) is 48.1 Å². The molecule has 224 valence electrons. The molecule has 0 saturated carbocycles. The second-order valence-electron chi connectivity index (χ2n) is 10.6. The van der Waals surface area contributed by atoms with E-state index in [1.807, 2.05) is 0 Å². The predicted molar refractivity (Wildman–Crippen MR) is 164 cm³/mol. The molecule has 0 fully saturated rings. The summed E-state index contributed by atoms with van der Waals surface area (Å²) in [6.45, 7) is 4.07. The zero-order valence-corrected chi connectivity index (χ0v) is 26.5. The number of aromatic nitrogens is 2. The molecule has 13 heteroatoms. The van der Waals surface area contributed by atoms with Crippen LogP contribution >= 0.6 is 27.5 Å². The molecule has 1 amide bonds. The summed E-state index contributed by atoms with van der Waals surface area (Å²) in [7, 11) is -1.78. The van der Waals surface area contributed by atoms with Crippen LogP contribution < -0.4 is 14.8 Å². The van der Waals surface area contributed by atoms with Crippen LogP contribution in [-0.4, -0.2) is 41.7 Å². The van der Waals surface area contributed by atoms with Gasteiger partial charge in [0, 0.05) is 41.3 Å². The van der Waals surface area contributed by atoms with Crippen molar-refractivity contribution in [3.8, 4) is 5.75 Å². The zero-order chi connectivity index (χ0) is 30.8. The number of nitrogens with zero attached hydrogens (tertiary/aromatic N) is 2. The molecule has 0 saturated heterocycles. The van der Waals surface area contributed by atoms with Gasteiger partial charge in [-0.25, -0.2) is 26.9 Å². The Kier molecular flexibility index (Phi) is 9.61. The number of anilines is 1. The monoisotopic (exact) mass is 682 g/mol. The Labute approximate surface area is 256 Å². The fourth-order valence-corrected chi connectivity index (χ4v) is 5.29. The number of hydrogen-bond acceptors (Lipinski definition) is 5. The van der Waals surface area contributed by atoms with E-state index in [-0.39, 0.29) is 24.3 Å². The molecule has 1 aromatic heterocycles. The van der Waals surface area contributed by atoms with Crippen LogP contribution in [0, 0.1) is 0 Å². The average molecular weight is 684 g/mol. The lowest BCUT2D eigenvalue weighted by atomic mass is 10.1. The van der Waals surface area contributed by atoms with E-state index in [4.69, 9.17) is 21.3 Å². The van der Waals surface area contributed by atoms with Crippen molar-refractivity contribution in [1.29, 1.82) is 0 Å². The minimum Gasteiger partial charge on any atom is -0.487 e. The van der Waals surface area contributed by atoms with E-state index < -0.39 is 33.7 Å². The summed E-state index contributed by atoms with van der Waals surface area (Å²) in [5.41, 5.74) is 3.04. The van der Waals surface area contributed by atoms with Crippen molar-refractivity contribution >= 4 is 60.2 Å². The van der Waals surface area contributed by atoms with Crippen LogP contribution in [-0.2, 0) is 30.0 Å². The maximum atomic E-state index is 13.2. The molecule has 3 aromatic carbocycles. The molecular formula is C29H30BrClF2N4O4S. The fourth-order valence-electron chi connectivity index (χ4n) is 4.05. The van der Waals surface area contributed by atoms with Gasteiger partial charge in [0.25, 0.3) is 12.3 Å². The first-order valence-electron chi connectivity index (χ1n) is 12.9. The maximum Gasteiger partial charge on any atom is 0.272 e. The van der Waals surface area contributed by atoms with Gasteiger partial charge in [0.15, 0.2) is 0 Å². The number of alkyl halides is 2. The van der Waals surface area contributed by atoms with Crippen molar-refractivity contribution in [3.05, 3.63) is 86.6 Å². The Morgan fingerprint density at radius 3 is 2.45 bits per heavy atom. The number of benzene rings is 3. The number of rotatable bonds is 10. The van der Waals surface area contributed by atoms with Gasteiger partial charge in [-0.1, -0.05) is 39.7 Å². The molecule has 0 aliphatic carbocycles. The van der Waals surface area contributed by atoms with Gasteiger partial charge in [-0.2, -0.15) is 0 Å². The maximum absolute atomic E-state index is 13.2. The van der Waals surface area contributed by atoms with E-state index in [9.17, 15) is 22.0 Å². The lowest BCUT2D eigenvalue weighted by Gasteiger charge is -2.20. The van der Waals surface area contributed by atoms with Crippen LogP contribution in [0.3, 0.4) is 0 Å². The van der Waals surface area contributed by atoms with Gasteiger partial charge < -0.3 is 14.6 Å². The first-order valence-corrected chi connectivity index (χ1v) is 15.5. The summed E-state index contributed by atoms with van der Waals surface area (Å²) < 4.78 is 60.6. The van der Waals surface area contributed by atoms with E-state index in [0.717, 1.165) is 10.0 Å². The summed E-state index contributed by atoms with van der Waals surface area (Å²) in [4.78, 5) is 17.9. The number of carbonyl (C=O) groups is 1. The van der Waals surface area contributed by atoms with Gasteiger partial charge in [0.1, 0.15) is 18.2 Å². The number of fused-ring (bicyclic) bond motifs is 1. The number of aryl methyl sites for hydroxylation is 1. The number of nitrogens with one attached hydrogen (secondary N) is 2. The van der Waals surface area contributed by atoms with E-state index in [2.05, 4.69) is 26.0 Å². The van der Waals surface area contributed by atoms with Crippen molar-refractivity contribution in [1.82, 2.24) is 14.3 Å². The lowest BCUT2D eigenvalue weighted by molar-refractivity contribution is 0.0804. The van der Waals surface area contributed by atoms with Crippen LogP contribution in [0.2, 0.25) is 5.02 Å². The molecule has 0 bridgehead atoms. The Balaban J connectivity index is 1.65. The minimum atomic E-state index is -3.54. The Morgan fingerprint density at radius 2 is 1.81 bits per heavy atom. The van der Waals surface area contributed by atoms with Gasteiger partial charge in [0.2, 0.25) is 10.0 Å². The van der Waals surface area contributed by atoms with Crippen molar-refractivity contribution in [2.75, 3.05) is 11.9 Å². The molecule has 4 rings (SSSR count). The molecule has 0 aliphatic rings. The van der Waals surface area contributed by atoms with Crippen LogP contribution in [0.5, 0.6) is 5.75 Å². The van der Waals surface area contributed by atoms with Crippen LogP contribution in [0.4, 0.5) is 14.5 Å². The third-order valence-electron chi connectivity index (χ3n) is 6.52. The molecule has 0 unspecified atom stereocenters. The van der Waals surface area contributed by atoms with Gasteiger partial charge in [-0.05, 0) is 68.3 Å². The second-order valence-corrected chi connectivity index (χ2v) is 14.5. The predicted octanol–water partition coefficient (Wildman–Crippen LogP) is 6.69. The summed E-state index contributed by atoms with van der Waals surface area (Å²) in [5, 5.41) is 3.23. The summed E-state index contributed by atoms with van der Waals surface area (Å²) in [6, 6.07) is 15.2. The second kappa shape index (κ2) is 12.7. The van der Waals surface area contributed by atoms with E-state index in [1.54, 1.807) is 74.9 Å². The highest BCUT2D eigenvalue weighted by molar-refractivity contribution is 9.10. The highest BCUT2D eigenvalue weighted by Crippen LogP contribution is 2.30. The van der Waals surface area contributed by atoms with E-state index >= 15 is 0 Å². The molecular weight excluding hydrogens is 654 g/mol. The highest BCUT2D eigenvalue weighted by Gasteiger charge is 2.28. The molecule has 2 N–H and O–H groups in total. The third kappa shape index (κ3) is 7.47. The average Bonchev–Trinajstić information content (AvgIpc) is 3.21. The van der Waals surface area contributed by atoms with Gasteiger partial charge in [-0.3, -0.25) is 4.79 Å². The smallest absolute Gasteiger partial charge is 0.272 e. The van der Waals surface area contributed by atoms with Crippen molar-refractivity contribution in [2.24, 2.45) is 7.05 Å². The molecule has 0 aliphatic heterocycles. The first-order chi connectivity index (χ1) is 19.6. The largest absolute Gasteiger partial charge is 0.487 e. The number of imidazole rings is 1. The normalized spacial score (nSPS) is 12.2. The molecule has 0 spiro atoms. The SMILES string of the molecule is Cn1c(Cc2cc(CNS(=O)(=O)C(C)(C)C)ccc2Cl)nc2cc(C(=O)Nc3ccc(Br)cc3)c(OCC(F)F)cc21. The van der Waals surface area contributed by atoms with Gasteiger partial charge in [-0.15, -0.1) is 0 Å². The molecule has 0 atom stereocenters. The Morgan fingerprint density at radius 1 is 1.12 bits per heavy atom. The summed E-state index contributed by atoms with van der Waals surface area (Å²) in [5.74, 6) is 0.0480. The molecule has 42 heavy (non-hydrogen) atoms. The van der Waals surface area contributed by atoms with Crippen molar-refractivity contribution < 1.29 is 26.7 Å². The molecule has 8 nitrogen and oxygen atoms in total. The zero-order valence-electron chi connectivity index (χ0n) is 23.3. The van der Waals surface area contributed by atoms with Crippen molar-refractivity contribution in [2.45, 2.75) is 44.9 Å². The van der Waals surface area contributed by atoms with Crippen molar-refractivity contribution in [3.63, 3.8) is 0 Å².